The molecule has 1 aliphatic rings. The van der Waals surface area contributed by atoms with Gasteiger partial charge in [-0.25, -0.2) is 0 Å². The molecule has 1 N–H and O–H groups in total. The molecule has 0 saturated carbocycles. The first kappa shape index (κ1) is 15.8. The Morgan fingerprint density at radius 3 is 2.70 bits per heavy atom. The number of H-pyrrole nitrogens is 1. The third-order valence-corrected chi connectivity index (χ3v) is 4.28. The van der Waals surface area contributed by atoms with Crippen LogP contribution in [0.3, 0.4) is 0 Å². The van der Waals surface area contributed by atoms with E-state index in [0.717, 1.165) is 36.5 Å². The molecule has 1 aliphatic heterocycles. The summed E-state index contributed by atoms with van der Waals surface area (Å²) in [6.07, 6.45) is 0.876. The van der Waals surface area contributed by atoms with Crippen LogP contribution in [0.2, 0.25) is 0 Å². The molecule has 6 nitrogen and oxygen atoms in total. The van der Waals surface area contributed by atoms with Gasteiger partial charge in [0.2, 0.25) is 0 Å². The zero-order chi connectivity index (χ0) is 16.2. The van der Waals surface area contributed by atoms with E-state index >= 15 is 0 Å². The maximum absolute atomic E-state index is 12.4. The Labute approximate surface area is 135 Å². The number of ether oxygens (including phenoxy) is 2. The second kappa shape index (κ2) is 7.02. The van der Waals surface area contributed by atoms with E-state index in [-0.39, 0.29) is 5.56 Å². The number of rotatable bonds is 6. The minimum Gasteiger partial charge on any atom is -0.497 e. The van der Waals surface area contributed by atoms with Crippen molar-refractivity contribution in [2.45, 2.75) is 26.1 Å². The topological polar surface area (TPSA) is 59.5 Å². The maximum atomic E-state index is 12.4. The van der Waals surface area contributed by atoms with E-state index in [2.05, 4.69) is 22.1 Å². The molecule has 1 aromatic carbocycles. The van der Waals surface area contributed by atoms with Gasteiger partial charge in [0.1, 0.15) is 5.75 Å². The summed E-state index contributed by atoms with van der Waals surface area (Å²) in [4.78, 5) is 14.7. The largest absolute Gasteiger partial charge is 0.497 e. The summed E-state index contributed by atoms with van der Waals surface area (Å²) >= 11 is 0. The highest BCUT2D eigenvalue weighted by Crippen LogP contribution is 2.18. The summed E-state index contributed by atoms with van der Waals surface area (Å²) in [5.74, 6) is 0.862. The van der Waals surface area contributed by atoms with Crippen LogP contribution < -0.4 is 10.3 Å². The monoisotopic (exact) mass is 317 g/mol. The predicted molar refractivity (Wildman–Crippen MR) is 87.7 cm³/mol. The first-order valence-electron chi connectivity index (χ1n) is 7.86. The van der Waals surface area contributed by atoms with Gasteiger partial charge in [-0.1, -0.05) is 12.1 Å². The number of aromatic nitrogens is 2. The number of nitrogens with zero attached hydrogens (tertiary/aromatic N) is 2. The summed E-state index contributed by atoms with van der Waals surface area (Å²) in [7, 11) is 3.31. The molecule has 124 valence electrons. The molecule has 0 amide bonds. The lowest BCUT2D eigenvalue weighted by Gasteiger charge is -2.25. The molecule has 1 aromatic heterocycles. The van der Waals surface area contributed by atoms with E-state index in [4.69, 9.17) is 9.47 Å². The first-order chi connectivity index (χ1) is 11.2. The first-order valence-corrected chi connectivity index (χ1v) is 7.86. The Hall–Kier alpha value is -2.05. The van der Waals surface area contributed by atoms with Crippen LogP contribution in [-0.4, -0.2) is 42.1 Å². The van der Waals surface area contributed by atoms with Crippen molar-refractivity contribution in [2.75, 3.05) is 27.4 Å². The van der Waals surface area contributed by atoms with Gasteiger partial charge in [-0.05, 0) is 17.7 Å². The normalized spacial score (nSPS) is 14.7. The second-order valence-electron chi connectivity index (χ2n) is 5.83. The van der Waals surface area contributed by atoms with Crippen LogP contribution in [0.15, 0.2) is 29.1 Å². The quantitative estimate of drug-likeness (QED) is 0.875. The van der Waals surface area contributed by atoms with Crippen LogP contribution in [0.5, 0.6) is 5.75 Å². The molecule has 0 unspecified atom stereocenters. The maximum Gasteiger partial charge on any atom is 0.271 e. The van der Waals surface area contributed by atoms with E-state index in [1.54, 1.807) is 18.9 Å². The summed E-state index contributed by atoms with van der Waals surface area (Å²) in [6.45, 7) is 3.59. The van der Waals surface area contributed by atoms with Crippen LogP contribution >= 0.6 is 0 Å². The number of hydrogen-bond acceptors (Lipinski definition) is 4. The zero-order valence-electron chi connectivity index (χ0n) is 13.7. The van der Waals surface area contributed by atoms with Gasteiger partial charge in [-0.15, -0.1) is 0 Å². The average Bonchev–Trinajstić information content (AvgIpc) is 2.89. The Kier molecular flexibility index (Phi) is 4.83. The molecule has 6 heteroatoms. The number of hydrogen-bond donors (Lipinski definition) is 1. The molecule has 3 rings (SSSR count). The fraction of sp³-hybridized carbons (Fsp3) is 0.471. The van der Waals surface area contributed by atoms with E-state index < -0.39 is 0 Å². The molecule has 0 aliphatic carbocycles. The van der Waals surface area contributed by atoms with Gasteiger partial charge < -0.3 is 9.47 Å². The Balaban J connectivity index is 1.69. The average molecular weight is 317 g/mol. The van der Waals surface area contributed by atoms with Crippen molar-refractivity contribution in [1.82, 2.24) is 14.7 Å². The molecule has 0 spiro atoms. The highest BCUT2D eigenvalue weighted by Gasteiger charge is 2.22. The van der Waals surface area contributed by atoms with Gasteiger partial charge in [-0.3, -0.25) is 19.5 Å². The van der Waals surface area contributed by atoms with Gasteiger partial charge in [-0.2, -0.15) is 0 Å². The number of benzene rings is 1. The lowest BCUT2D eigenvalue weighted by Crippen LogP contribution is -2.32. The number of nitrogens with one attached hydrogen (secondary N) is 1. The minimum atomic E-state index is 0.0801. The van der Waals surface area contributed by atoms with Gasteiger partial charge >= 0.3 is 0 Å². The van der Waals surface area contributed by atoms with Crippen molar-refractivity contribution in [3.63, 3.8) is 0 Å². The van der Waals surface area contributed by atoms with Crippen molar-refractivity contribution in [2.24, 2.45) is 0 Å². The molecule has 2 heterocycles. The van der Waals surface area contributed by atoms with Crippen molar-refractivity contribution in [3.05, 3.63) is 51.4 Å². The predicted octanol–water partition coefficient (Wildman–Crippen LogP) is 1.39. The van der Waals surface area contributed by atoms with Gasteiger partial charge in [0.25, 0.3) is 5.56 Å². The lowest BCUT2D eigenvalue weighted by atomic mass is 10.1. The van der Waals surface area contributed by atoms with E-state index in [1.807, 2.05) is 12.1 Å². The molecular formula is C17H23N3O3. The SMILES string of the molecule is COCCn1[nH]c2c(c1=O)CN(Cc1ccc(OC)cc1)CC2. The van der Waals surface area contributed by atoms with E-state index in [9.17, 15) is 4.79 Å². The smallest absolute Gasteiger partial charge is 0.271 e. The molecule has 0 saturated heterocycles. The Morgan fingerprint density at radius 2 is 2.00 bits per heavy atom. The fourth-order valence-electron chi connectivity index (χ4n) is 2.98. The van der Waals surface area contributed by atoms with Gasteiger partial charge in [0, 0.05) is 38.9 Å². The van der Waals surface area contributed by atoms with Crippen molar-refractivity contribution < 1.29 is 9.47 Å². The highest BCUT2D eigenvalue weighted by atomic mass is 16.5. The van der Waals surface area contributed by atoms with Gasteiger partial charge in [0.15, 0.2) is 0 Å². The molecule has 0 atom stereocenters. The third-order valence-electron chi connectivity index (χ3n) is 4.28. The second-order valence-corrected chi connectivity index (χ2v) is 5.83. The molecule has 0 fully saturated rings. The Morgan fingerprint density at radius 1 is 1.22 bits per heavy atom. The van der Waals surface area contributed by atoms with Crippen molar-refractivity contribution in [1.29, 1.82) is 0 Å². The number of fused-ring (bicyclic) bond motifs is 1. The fourth-order valence-corrected chi connectivity index (χ4v) is 2.98. The highest BCUT2D eigenvalue weighted by molar-refractivity contribution is 5.27. The van der Waals surface area contributed by atoms with Gasteiger partial charge in [0.05, 0.1) is 25.8 Å². The molecular weight excluding hydrogens is 294 g/mol. The van der Waals surface area contributed by atoms with Crippen LogP contribution in [0, 0.1) is 0 Å². The number of methoxy groups -OCH3 is 2. The third kappa shape index (κ3) is 3.48. The number of aromatic amines is 1. The summed E-state index contributed by atoms with van der Waals surface area (Å²) in [5.41, 5.74) is 3.26. The molecule has 0 bridgehead atoms. The van der Waals surface area contributed by atoms with Crippen LogP contribution in [-0.2, 0) is 30.8 Å². The minimum absolute atomic E-state index is 0.0801. The van der Waals surface area contributed by atoms with E-state index in [1.165, 1.54) is 5.56 Å². The molecule has 2 aromatic rings. The molecule has 0 radical (unpaired) electrons. The molecule has 23 heavy (non-hydrogen) atoms. The zero-order valence-corrected chi connectivity index (χ0v) is 13.7. The van der Waals surface area contributed by atoms with Crippen LogP contribution in [0.1, 0.15) is 16.8 Å². The summed E-state index contributed by atoms with van der Waals surface area (Å²) < 4.78 is 11.9. The summed E-state index contributed by atoms with van der Waals surface area (Å²) in [5, 5.41) is 3.22. The lowest BCUT2D eigenvalue weighted by molar-refractivity contribution is 0.182. The summed E-state index contributed by atoms with van der Waals surface area (Å²) in [6, 6.07) is 8.09. The van der Waals surface area contributed by atoms with Crippen LogP contribution in [0.4, 0.5) is 0 Å². The van der Waals surface area contributed by atoms with Crippen molar-refractivity contribution >= 4 is 0 Å². The standard InChI is InChI=1S/C17H23N3O3/c1-22-10-9-20-17(21)15-12-19(8-7-16(15)18-20)11-13-3-5-14(23-2)6-4-13/h3-6,18H,7-12H2,1-2H3. The van der Waals surface area contributed by atoms with Crippen molar-refractivity contribution in [3.8, 4) is 5.75 Å². The van der Waals surface area contributed by atoms with E-state index in [0.29, 0.717) is 19.7 Å². The Bertz CT molecular complexity index is 703. The van der Waals surface area contributed by atoms with Crippen LogP contribution in [0.25, 0.3) is 0 Å².